The van der Waals surface area contributed by atoms with E-state index in [1.54, 1.807) is 0 Å². The summed E-state index contributed by atoms with van der Waals surface area (Å²) in [5.74, 6) is 0.661. The highest BCUT2D eigenvalue weighted by molar-refractivity contribution is 5.29. The predicted octanol–water partition coefficient (Wildman–Crippen LogP) is 2.60. The Morgan fingerprint density at radius 2 is 1.76 bits per heavy atom. The van der Waals surface area contributed by atoms with Crippen molar-refractivity contribution in [2.45, 2.75) is 26.8 Å². The van der Waals surface area contributed by atoms with Crippen molar-refractivity contribution in [1.29, 1.82) is 0 Å². The van der Waals surface area contributed by atoms with E-state index >= 15 is 0 Å². The number of nitrogens with zero attached hydrogens (tertiary/aromatic N) is 1. The van der Waals surface area contributed by atoms with Crippen LogP contribution in [0.2, 0.25) is 0 Å². The van der Waals surface area contributed by atoms with Crippen molar-refractivity contribution in [1.82, 2.24) is 10.2 Å². The molecule has 0 saturated carbocycles. The van der Waals surface area contributed by atoms with Gasteiger partial charge in [0.05, 0.1) is 0 Å². The predicted molar refractivity (Wildman–Crippen MR) is 73.2 cm³/mol. The van der Waals surface area contributed by atoms with E-state index in [-0.39, 0.29) is 0 Å². The monoisotopic (exact) mass is 232 g/mol. The first-order valence-corrected chi connectivity index (χ1v) is 6.70. The zero-order chi connectivity index (χ0) is 12.3. The second kappa shape index (κ2) is 5.65. The zero-order valence-corrected chi connectivity index (χ0v) is 11.2. The molecule has 1 heterocycles. The molecule has 0 amide bonds. The van der Waals surface area contributed by atoms with Gasteiger partial charge in [0.1, 0.15) is 0 Å². The van der Waals surface area contributed by atoms with Gasteiger partial charge in [0.25, 0.3) is 0 Å². The van der Waals surface area contributed by atoms with Gasteiger partial charge in [-0.15, -0.1) is 0 Å². The van der Waals surface area contributed by atoms with Crippen LogP contribution in [0.5, 0.6) is 0 Å². The van der Waals surface area contributed by atoms with E-state index in [1.807, 2.05) is 0 Å². The van der Waals surface area contributed by atoms with Crippen LogP contribution in [0.1, 0.15) is 31.0 Å². The molecule has 17 heavy (non-hydrogen) atoms. The summed E-state index contributed by atoms with van der Waals surface area (Å²) in [4.78, 5) is 2.63. The van der Waals surface area contributed by atoms with Crippen molar-refractivity contribution < 1.29 is 0 Å². The van der Waals surface area contributed by atoms with Gasteiger partial charge in [-0.3, -0.25) is 4.90 Å². The van der Waals surface area contributed by atoms with Gasteiger partial charge in [0.2, 0.25) is 0 Å². The normalized spacial score (nSPS) is 19.5. The summed E-state index contributed by atoms with van der Waals surface area (Å²) < 4.78 is 0. The number of benzene rings is 1. The van der Waals surface area contributed by atoms with Crippen molar-refractivity contribution in [2.24, 2.45) is 5.92 Å². The van der Waals surface area contributed by atoms with Crippen LogP contribution in [0, 0.1) is 12.8 Å². The summed E-state index contributed by atoms with van der Waals surface area (Å²) >= 11 is 0. The number of hydrogen-bond donors (Lipinski definition) is 1. The Balaban J connectivity index is 2.25. The Bertz CT molecular complexity index is 354. The maximum Gasteiger partial charge on any atom is 0.0374 e. The Hall–Kier alpha value is -0.860. The molecule has 1 aliphatic rings. The van der Waals surface area contributed by atoms with Crippen LogP contribution >= 0.6 is 0 Å². The third kappa shape index (κ3) is 2.88. The average molecular weight is 232 g/mol. The van der Waals surface area contributed by atoms with Crippen LogP contribution in [0.25, 0.3) is 0 Å². The minimum atomic E-state index is 0.568. The van der Waals surface area contributed by atoms with Gasteiger partial charge >= 0.3 is 0 Å². The largest absolute Gasteiger partial charge is 0.314 e. The van der Waals surface area contributed by atoms with Gasteiger partial charge in [0, 0.05) is 32.2 Å². The summed E-state index contributed by atoms with van der Waals surface area (Å²) in [5, 5.41) is 3.43. The second-order valence-electron chi connectivity index (χ2n) is 5.33. The molecule has 2 rings (SSSR count). The Morgan fingerprint density at radius 3 is 2.35 bits per heavy atom. The van der Waals surface area contributed by atoms with Gasteiger partial charge < -0.3 is 5.32 Å². The summed E-state index contributed by atoms with van der Waals surface area (Å²) in [7, 11) is 0. The molecule has 0 aliphatic carbocycles. The minimum absolute atomic E-state index is 0.568. The molecule has 0 radical (unpaired) electrons. The van der Waals surface area contributed by atoms with Crippen LogP contribution < -0.4 is 5.32 Å². The SMILES string of the molecule is Cc1ccccc1C(C(C)C)N1CCNCC1. The molecule has 1 aliphatic heterocycles. The molecule has 1 aromatic carbocycles. The third-order valence-electron chi connectivity index (χ3n) is 3.68. The number of piperazine rings is 1. The standard InChI is InChI=1S/C15H24N2/c1-12(2)15(17-10-8-16-9-11-17)14-7-5-4-6-13(14)3/h4-7,12,15-16H,8-11H2,1-3H3. The summed E-state index contributed by atoms with van der Waals surface area (Å²) in [6, 6.07) is 9.39. The highest BCUT2D eigenvalue weighted by Gasteiger charge is 2.25. The van der Waals surface area contributed by atoms with Gasteiger partial charge in [-0.1, -0.05) is 38.1 Å². The zero-order valence-electron chi connectivity index (χ0n) is 11.2. The average Bonchev–Trinajstić information content (AvgIpc) is 2.33. The number of rotatable bonds is 3. The summed E-state index contributed by atoms with van der Waals surface area (Å²) in [6.07, 6.45) is 0. The molecule has 2 heteroatoms. The first-order chi connectivity index (χ1) is 8.20. The summed E-state index contributed by atoms with van der Waals surface area (Å²) in [5.41, 5.74) is 2.93. The van der Waals surface area contributed by atoms with Gasteiger partial charge in [-0.2, -0.15) is 0 Å². The number of nitrogens with one attached hydrogen (secondary N) is 1. The van der Waals surface area contributed by atoms with E-state index < -0.39 is 0 Å². The van der Waals surface area contributed by atoms with Crippen molar-refractivity contribution in [3.05, 3.63) is 35.4 Å². The molecule has 2 nitrogen and oxygen atoms in total. The molecular formula is C15H24N2. The molecule has 1 fully saturated rings. The van der Waals surface area contributed by atoms with Crippen LogP contribution in [-0.2, 0) is 0 Å². The third-order valence-corrected chi connectivity index (χ3v) is 3.68. The molecule has 1 aromatic rings. The van der Waals surface area contributed by atoms with Crippen LogP contribution in [0.15, 0.2) is 24.3 Å². The van der Waals surface area contributed by atoms with E-state index in [4.69, 9.17) is 0 Å². The maximum absolute atomic E-state index is 3.43. The van der Waals surface area contributed by atoms with Crippen LogP contribution in [-0.4, -0.2) is 31.1 Å². The van der Waals surface area contributed by atoms with Crippen molar-refractivity contribution >= 4 is 0 Å². The second-order valence-corrected chi connectivity index (χ2v) is 5.33. The van der Waals surface area contributed by atoms with E-state index in [0.29, 0.717) is 12.0 Å². The van der Waals surface area contributed by atoms with Gasteiger partial charge in [-0.05, 0) is 24.0 Å². The van der Waals surface area contributed by atoms with E-state index in [0.717, 1.165) is 26.2 Å². The van der Waals surface area contributed by atoms with E-state index in [9.17, 15) is 0 Å². The topological polar surface area (TPSA) is 15.3 Å². The highest BCUT2D eigenvalue weighted by Crippen LogP contribution is 2.30. The lowest BCUT2D eigenvalue weighted by molar-refractivity contribution is 0.136. The molecule has 1 saturated heterocycles. The maximum atomic E-state index is 3.43. The quantitative estimate of drug-likeness (QED) is 0.862. The molecule has 0 bridgehead atoms. The lowest BCUT2D eigenvalue weighted by atomic mass is 9.91. The lowest BCUT2D eigenvalue weighted by Gasteiger charge is -2.38. The molecule has 1 N–H and O–H groups in total. The Labute approximate surface area is 105 Å². The molecule has 0 spiro atoms. The molecule has 1 unspecified atom stereocenters. The Morgan fingerprint density at radius 1 is 1.12 bits per heavy atom. The first kappa shape index (κ1) is 12.6. The fraction of sp³-hybridized carbons (Fsp3) is 0.600. The van der Waals surface area contributed by atoms with Gasteiger partial charge in [0.15, 0.2) is 0 Å². The van der Waals surface area contributed by atoms with Crippen LogP contribution in [0.4, 0.5) is 0 Å². The van der Waals surface area contributed by atoms with Crippen molar-refractivity contribution in [2.75, 3.05) is 26.2 Å². The fourth-order valence-corrected chi connectivity index (χ4v) is 2.86. The van der Waals surface area contributed by atoms with E-state index in [1.165, 1.54) is 11.1 Å². The first-order valence-electron chi connectivity index (χ1n) is 6.70. The Kier molecular flexibility index (Phi) is 4.19. The molecule has 1 atom stereocenters. The molecule has 0 aromatic heterocycles. The molecule has 94 valence electrons. The van der Waals surface area contributed by atoms with Crippen LogP contribution in [0.3, 0.4) is 0 Å². The summed E-state index contributed by atoms with van der Waals surface area (Å²) in [6.45, 7) is 11.5. The number of aryl methyl sites for hydroxylation is 1. The lowest BCUT2D eigenvalue weighted by Crippen LogP contribution is -2.46. The smallest absolute Gasteiger partial charge is 0.0374 e. The molecular weight excluding hydrogens is 208 g/mol. The highest BCUT2D eigenvalue weighted by atomic mass is 15.2. The van der Waals surface area contributed by atoms with Crippen molar-refractivity contribution in [3.63, 3.8) is 0 Å². The van der Waals surface area contributed by atoms with Gasteiger partial charge in [-0.25, -0.2) is 0 Å². The van der Waals surface area contributed by atoms with Crippen molar-refractivity contribution in [3.8, 4) is 0 Å². The fourth-order valence-electron chi connectivity index (χ4n) is 2.86. The number of hydrogen-bond acceptors (Lipinski definition) is 2. The van der Waals surface area contributed by atoms with E-state index in [2.05, 4.69) is 55.3 Å². The minimum Gasteiger partial charge on any atom is -0.314 e.